The molecule has 1 spiro atoms. The molecule has 1 aromatic heterocycles. The zero-order chi connectivity index (χ0) is 28.0. The number of fused-ring (bicyclic) bond motifs is 11. The summed E-state index contributed by atoms with van der Waals surface area (Å²) in [4.78, 5) is 2.70. The zero-order valence-corrected chi connectivity index (χ0v) is 25.6. The van der Waals surface area contributed by atoms with Gasteiger partial charge in [0.1, 0.15) is 0 Å². The molecule has 6 aromatic carbocycles. The fourth-order valence-electron chi connectivity index (χ4n) is 7.62. The topological polar surface area (TPSA) is 4.93 Å². The highest BCUT2D eigenvalue weighted by Gasteiger charge is 2.49. The molecule has 200 valence electrons. The van der Waals surface area contributed by atoms with Crippen LogP contribution in [0.15, 0.2) is 143 Å². The number of rotatable bonds is 2. The Morgan fingerprint density at radius 1 is 0.571 bits per heavy atom. The predicted molar refractivity (Wildman–Crippen MR) is 181 cm³/mol. The quantitative estimate of drug-likeness (QED) is 0.187. The maximum atomic E-state index is 2.52. The van der Waals surface area contributed by atoms with Crippen LogP contribution in [-0.2, 0) is 5.41 Å². The summed E-state index contributed by atoms with van der Waals surface area (Å²) in [5.74, 6) is 0. The molecule has 2 aliphatic rings. The summed E-state index contributed by atoms with van der Waals surface area (Å²) in [6.45, 7) is 4.80. The van der Waals surface area contributed by atoms with Gasteiger partial charge in [0.15, 0.2) is 0 Å². The van der Waals surface area contributed by atoms with Gasteiger partial charge in [0.2, 0.25) is 0 Å². The Morgan fingerprint density at radius 2 is 1.24 bits per heavy atom. The highest BCUT2D eigenvalue weighted by molar-refractivity contribution is 7.99. The summed E-state index contributed by atoms with van der Waals surface area (Å²) in [6, 6.07) is 50.5. The van der Waals surface area contributed by atoms with E-state index in [2.05, 4.69) is 151 Å². The smallest absolute Gasteiger partial charge is 0.0764 e. The first kappa shape index (κ1) is 24.3. The van der Waals surface area contributed by atoms with Gasteiger partial charge in [-0.25, -0.2) is 0 Å². The van der Waals surface area contributed by atoms with Crippen LogP contribution in [0.2, 0.25) is 13.1 Å². The molecule has 0 fully saturated rings. The summed E-state index contributed by atoms with van der Waals surface area (Å²) < 4.78 is 2.52. The Bertz CT molecular complexity index is 2210. The summed E-state index contributed by atoms with van der Waals surface area (Å²) >= 11 is 1.93. The molecule has 3 heterocycles. The minimum atomic E-state index is -0.856. The van der Waals surface area contributed by atoms with Crippen molar-refractivity contribution in [1.82, 2.24) is 4.57 Å². The third-order valence-corrected chi connectivity index (χ3v) is 12.4. The molecule has 0 saturated carbocycles. The second kappa shape index (κ2) is 8.84. The van der Waals surface area contributed by atoms with Crippen LogP contribution in [0.1, 0.15) is 22.3 Å². The number of hydrogen-bond acceptors (Lipinski definition) is 1. The molecule has 0 N–H and O–H groups in total. The highest BCUT2D eigenvalue weighted by Crippen LogP contribution is 2.61. The summed E-state index contributed by atoms with van der Waals surface area (Å²) in [5.41, 5.74) is 11.5. The van der Waals surface area contributed by atoms with Crippen molar-refractivity contribution >= 4 is 47.6 Å². The van der Waals surface area contributed by atoms with Crippen molar-refractivity contribution in [3.05, 3.63) is 156 Å². The molecule has 3 heteroatoms. The van der Waals surface area contributed by atoms with Crippen molar-refractivity contribution in [2.45, 2.75) is 28.3 Å². The Hall–Kier alpha value is -4.31. The van der Waals surface area contributed by atoms with Gasteiger partial charge in [-0.3, -0.25) is 0 Å². The lowest BCUT2D eigenvalue weighted by Crippen LogP contribution is -2.37. The third-order valence-electron chi connectivity index (χ3n) is 9.46. The number of aromatic nitrogens is 1. The summed E-state index contributed by atoms with van der Waals surface area (Å²) in [5, 5.41) is 4.14. The van der Waals surface area contributed by atoms with Crippen molar-refractivity contribution < 1.29 is 0 Å². The minimum absolute atomic E-state index is 0.432. The molecule has 0 aliphatic carbocycles. The molecule has 1 atom stereocenters. The van der Waals surface area contributed by atoms with Crippen LogP contribution < -0.4 is 5.19 Å². The van der Waals surface area contributed by atoms with E-state index >= 15 is 0 Å². The van der Waals surface area contributed by atoms with Crippen molar-refractivity contribution in [2.75, 3.05) is 0 Å². The SMILES string of the molecule is C[SiH](C)c1ccc(-c2cccc3c2Sc2ccccc2C32c3ccccc3-n3c4ccccc4c4cccc2c43)cc1. The normalized spacial score (nSPS) is 16.5. The molecule has 7 aromatic rings. The monoisotopic (exact) mass is 571 g/mol. The van der Waals surface area contributed by atoms with Crippen LogP contribution in [0.25, 0.3) is 38.6 Å². The van der Waals surface area contributed by atoms with Gasteiger partial charge in [-0.05, 0) is 51.6 Å². The van der Waals surface area contributed by atoms with Crippen LogP contribution in [0.5, 0.6) is 0 Å². The van der Waals surface area contributed by atoms with Gasteiger partial charge in [0, 0.05) is 20.6 Å². The first-order valence-corrected chi connectivity index (χ1v) is 18.5. The highest BCUT2D eigenvalue weighted by atomic mass is 32.2. The molecule has 42 heavy (non-hydrogen) atoms. The van der Waals surface area contributed by atoms with Gasteiger partial charge in [0.05, 0.1) is 30.9 Å². The summed E-state index contributed by atoms with van der Waals surface area (Å²) in [6.07, 6.45) is 0. The Kier molecular flexibility index (Phi) is 5.12. The van der Waals surface area contributed by atoms with E-state index in [0.717, 1.165) is 0 Å². The maximum absolute atomic E-state index is 2.52. The Morgan fingerprint density at radius 3 is 2.10 bits per heavy atom. The zero-order valence-electron chi connectivity index (χ0n) is 23.6. The van der Waals surface area contributed by atoms with Gasteiger partial charge >= 0.3 is 0 Å². The van der Waals surface area contributed by atoms with E-state index in [-0.39, 0.29) is 0 Å². The number of nitrogens with zero attached hydrogens (tertiary/aromatic N) is 1. The second-order valence-electron chi connectivity index (χ2n) is 11.9. The van der Waals surface area contributed by atoms with Crippen molar-refractivity contribution in [1.29, 1.82) is 0 Å². The van der Waals surface area contributed by atoms with Crippen LogP contribution in [-0.4, -0.2) is 13.4 Å². The molecule has 0 radical (unpaired) electrons. The largest absolute Gasteiger partial charge is 0.309 e. The van der Waals surface area contributed by atoms with E-state index in [0.29, 0.717) is 0 Å². The summed E-state index contributed by atoms with van der Waals surface area (Å²) in [7, 11) is -0.856. The minimum Gasteiger partial charge on any atom is -0.309 e. The van der Waals surface area contributed by atoms with Gasteiger partial charge in [-0.1, -0.05) is 145 Å². The maximum Gasteiger partial charge on any atom is 0.0764 e. The van der Waals surface area contributed by atoms with Gasteiger partial charge < -0.3 is 4.57 Å². The third kappa shape index (κ3) is 3.05. The number of benzene rings is 6. The lowest BCUT2D eigenvalue weighted by Gasteiger charge is -2.45. The molecule has 0 bridgehead atoms. The van der Waals surface area contributed by atoms with E-state index < -0.39 is 14.2 Å². The fourth-order valence-corrected chi connectivity index (χ4v) is 9.91. The van der Waals surface area contributed by atoms with E-state index in [4.69, 9.17) is 0 Å². The van der Waals surface area contributed by atoms with E-state index in [1.165, 1.54) is 75.9 Å². The van der Waals surface area contributed by atoms with E-state index in [9.17, 15) is 0 Å². The molecular weight excluding hydrogens is 543 g/mol. The van der Waals surface area contributed by atoms with Gasteiger partial charge in [0.25, 0.3) is 0 Å². The molecule has 0 amide bonds. The van der Waals surface area contributed by atoms with Gasteiger partial charge in [-0.2, -0.15) is 0 Å². The standard InChI is InChI=1S/C39H29NSSi/c1-42(2)26-23-21-25(22-24-26)27-12-9-17-33-38(27)41-36-20-8-5-15-31(36)39(33)30-14-4-7-19-35(30)40-34-18-6-3-11-28(34)29-13-10-16-32(39)37(29)40/h3-24,42H,1-2H3. The predicted octanol–water partition coefficient (Wildman–Crippen LogP) is 9.31. The van der Waals surface area contributed by atoms with E-state index in [1.54, 1.807) is 0 Å². The molecule has 9 rings (SSSR count). The second-order valence-corrected chi connectivity index (χ2v) is 15.9. The molecular formula is C39H29NSSi. The van der Waals surface area contributed by atoms with Crippen LogP contribution in [0.4, 0.5) is 0 Å². The van der Waals surface area contributed by atoms with Crippen molar-refractivity contribution in [2.24, 2.45) is 0 Å². The number of hydrogen-bond donors (Lipinski definition) is 0. The molecule has 0 saturated heterocycles. The Balaban J connectivity index is 1.46. The van der Waals surface area contributed by atoms with Crippen molar-refractivity contribution in [3.63, 3.8) is 0 Å². The number of para-hydroxylation sites is 3. The lowest BCUT2D eigenvalue weighted by atomic mass is 9.62. The van der Waals surface area contributed by atoms with E-state index in [1.807, 2.05) is 11.8 Å². The lowest BCUT2D eigenvalue weighted by molar-refractivity contribution is 0.690. The average molecular weight is 572 g/mol. The average Bonchev–Trinajstić information content (AvgIpc) is 3.38. The van der Waals surface area contributed by atoms with Crippen molar-refractivity contribution in [3.8, 4) is 16.8 Å². The van der Waals surface area contributed by atoms with Crippen LogP contribution in [0.3, 0.4) is 0 Å². The Labute approximate surface area is 252 Å². The molecule has 2 aliphatic heterocycles. The first-order chi connectivity index (χ1) is 20.7. The van der Waals surface area contributed by atoms with Crippen LogP contribution >= 0.6 is 11.8 Å². The fraction of sp³-hybridized carbons (Fsp3) is 0.0769. The van der Waals surface area contributed by atoms with Gasteiger partial charge in [-0.15, -0.1) is 0 Å². The molecule has 1 unspecified atom stereocenters. The van der Waals surface area contributed by atoms with Crippen LogP contribution in [0, 0.1) is 0 Å². The molecule has 1 nitrogen and oxygen atoms in total. The first-order valence-electron chi connectivity index (χ1n) is 14.8.